The van der Waals surface area contributed by atoms with Gasteiger partial charge in [-0.1, -0.05) is 18.6 Å². The molecule has 2 rings (SSSR count). The molecule has 1 saturated carbocycles. The molecule has 0 spiro atoms. The van der Waals surface area contributed by atoms with Gasteiger partial charge in [-0.05, 0) is 25.0 Å². The average Bonchev–Trinajstić information content (AvgIpc) is 3.03. The Hall–Kier alpha value is -0.590. The van der Waals surface area contributed by atoms with E-state index >= 15 is 0 Å². The van der Waals surface area contributed by atoms with Crippen LogP contribution < -0.4 is 5.32 Å². The van der Waals surface area contributed by atoms with Crippen LogP contribution in [0.25, 0.3) is 0 Å². The van der Waals surface area contributed by atoms with Crippen LogP contribution in [0.5, 0.6) is 0 Å². The summed E-state index contributed by atoms with van der Waals surface area (Å²) in [6.07, 6.45) is 6.64. The largest absolute Gasteiger partial charge is 0.396 e. The van der Waals surface area contributed by atoms with Crippen molar-refractivity contribution < 1.29 is 5.11 Å². The van der Waals surface area contributed by atoms with Crippen molar-refractivity contribution in [1.82, 2.24) is 20.3 Å². The molecule has 1 aromatic heterocycles. The maximum Gasteiger partial charge on any atom is 0.0964 e. The highest BCUT2D eigenvalue weighted by Gasteiger charge is 2.26. The van der Waals surface area contributed by atoms with Gasteiger partial charge in [-0.25, -0.2) is 0 Å². The number of aliphatic hydroxyl groups is 1. The highest BCUT2D eigenvalue weighted by molar-refractivity contribution is 7.99. The topological polar surface area (TPSA) is 63.0 Å². The SMILES string of the molecule is CCSC1CCCC1NCc1cn(CCCO)nn1. The van der Waals surface area contributed by atoms with Gasteiger partial charge in [0.2, 0.25) is 0 Å². The summed E-state index contributed by atoms with van der Waals surface area (Å²) in [5, 5.41) is 21.4. The lowest BCUT2D eigenvalue weighted by Crippen LogP contribution is -2.33. The Morgan fingerprint density at radius 2 is 2.42 bits per heavy atom. The average molecular weight is 284 g/mol. The maximum atomic E-state index is 8.78. The highest BCUT2D eigenvalue weighted by Crippen LogP contribution is 2.29. The predicted octanol–water partition coefficient (Wildman–Crippen LogP) is 1.42. The number of aryl methyl sites for hydroxylation is 1. The van der Waals surface area contributed by atoms with Gasteiger partial charge in [0.05, 0.1) is 5.69 Å². The molecule has 19 heavy (non-hydrogen) atoms. The van der Waals surface area contributed by atoms with E-state index in [-0.39, 0.29) is 6.61 Å². The summed E-state index contributed by atoms with van der Waals surface area (Å²) in [5.74, 6) is 1.19. The molecular weight excluding hydrogens is 260 g/mol. The standard InChI is InChI=1S/C13H24N4OS/c1-2-19-13-6-3-5-12(13)14-9-11-10-17(16-15-11)7-4-8-18/h10,12-14,18H,2-9H2,1H3. The van der Waals surface area contributed by atoms with Gasteiger partial charge < -0.3 is 10.4 Å². The lowest BCUT2D eigenvalue weighted by molar-refractivity contribution is 0.276. The van der Waals surface area contributed by atoms with Crippen LogP contribution >= 0.6 is 11.8 Å². The van der Waals surface area contributed by atoms with E-state index in [1.165, 1.54) is 25.0 Å². The molecule has 1 aliphatic carbocycles. The second kappa shape index (κ2) is 7.87. The minimum Gasteiger partial charge on any atom is -0.396 e. The third kappa shape index (κ3) is 4.47. The molecule has 1 aliphatic rings. The lowest BCUT2D eigenvalue weighted by atomic mass is 10.2. The quantitative estimate of drug-likeness (QED) is 0.756. The second-order valence-corrected chi connectivity index (χ2v) is 6.48. The molecule has 1 fully saturated rings. The van der Waals surface area contributed by atoms with E-state index in [0.717, 1.165) is 30.5 Å². The summed E-state index contributed by atoms with van der Waals surface area (Å²) in [6.45, 7) is 3.96. The molecular formula is C13H24N4OS. The number of nitrogens with zero attached hydrogens (tertiary/aromatic N) is 3. The van der Waals surface area contributed by atoms with Gasteiger partial charge in [0.15, 0.2) is 0 Å². The number of nitrogens with one attached hydrogen (secondary N) is 1. The molecule has 0 aromatic carbocycles. The Balaban J connectivity index is 1.76. The van der Waals surface area contributed by atoms with Crippen LogP contribution in [0.1, 0.15) is 38.3 Å². The molecule has 1 aromatic rings. The minimum absolute atomic E-state index is 0.200. The molecule has 1 heterocycles. The fraction of sp³-hybridized carbons (Fsp3) is 0.846. The van der Waals surface area contributed by atoms with Gasteiger partial charge in [-0.2, -0.15) is 11.8 Å². The Kier molecular flexibility index (Phi) is 6.13. The first-order chi connectivity index (χ1) is 9.33. The fourth-order valence-corrected chi connectivity index (χ4v) is 3.80. The monoisotopic (exact) mass is 284 g/mol. The Labute approximate surface area is 119 Å². The number of thioether (sulfide) groups is 1. The van der Waals surface area contributed by atoms with Gasteiger partial charge >= 0.3 is 0 Å². The van der Waals surface area contributed by atoms with Crippen LogP contribution in [0, 0.1) is 0 Å². The van der Waals surface area contributed by atoms with Crippen LogP contribution in [0.4, 0.5) is 0 Å². The van der Waals surface area contributed by atoms with Crippen LogP contribution in [0.15, 0.2) is 6.20 Å². The predicted molar refractivity (Wildman–Crippen MR) is 78.1 cm³/mol. The Morgan fingerprint density at radius 1 is 1.53 bits per heavy atom. The van der Waals surface area contributed by atoms with Crippen molar-refractivity contribution in [2.45, 2.75) is 57.0 Å². The highest BCUT2D eigenvalue weighted by atomic mass is 32.2. The van der Waals surface area contributed by atoms with Crippen LogP contribution in [-0.2, 0) is 13.1 Å². The van der Waals surface area contributed by atoms with Gasteiger partial charge in [0.25, 0.3) is 0 Å². The molecule has 108 valence electrons. The van der Waals surface area contributed by atoms with E-state index in [9.17, 15) is 0 Å². The molecule has 0 amide bonds. The van der Waals surface area contributed by atoms with Crippen molar-refractivity contribution in [1.29, 1.82) is 0 Å². The Bertz CT molecular complexity index is 371. The maximum absolute atomic E-state index is 8.78. The fourth-order valence-electron chi connectivity index (χ4n) is 2.57. The van der Waals surface area contributed by atoms with Gasteiger partial charge in [-0.3, -0.25) is 4.68 Å². The van der Waals surface area contributed by atoms with Crippen LogP contribution in [0.2, 0.25) is 0 Å². The summed E-state index contributed by atoms with van der Waals surface area (Å²) in [4.78, 5) is 0. The zero-order chi connectivity index (χ0) is 13.5. The van der Waals surface area contributed by atoms with Crippen molar-refractivity contribution in [3.8, 4) is 0 Å². The summed E-state index contributed by atoms with van der Waals surface area (Å²) in [5.41, 5.74) is 0.991. The molecule has 2 N–H and O–H groups in total. The van der Waals surface area contributed by atoms with Crippen molar-refractivity contribution in [3.05, 3.63) is 11.9 Å². The summed E-state index contributed by atoms with van der Waals surface area (Å²) in [6, 6.07) is 0.618. The number of rotatable bonds is 8. The van der Waals surface area contributed by atoms with Crippen molar-refractivity contribution in [2.75, 3.05) is 12.4 Å². The molecule has 0 saturated heterocycles. The summed E-state index contributed by atoms with van der Waals surface area (Å²) in [7, 11) is 0. The third-order valence-electron chi connectivity index (χ3n) is 3.51. The molecule has 2 atom stereocenters. The van der Waals surface area contributed by atoms with Crippen LogP contribution in [-0.4, -0.2) is 43.8 Å². The molecule has 6 heteroatoms. The smallest absolute Gasteiger partial charge is 0.0964 e. The van der Waals surface area contributed by atoms with Crippen LogP contribution in [0.3, 0.4) is 0 Å². The summed E-state index contributed by atoms with van der Waals surface area (Å²) < 4.78 is 1.81. The minimum atomic E-state index is 0.200. The van der Waals surface area contributed by atoms with E-state index < -0.39 is 0 Å². The van der Waals surface area contributed by atoms with E-state index in [4.69, 9.17) is 5.11 Å². The van der Waals surface area contributed by atoms with E-state index in [0.29, 0.717) is 6.04 Å². The first-order valence-corrected chi connectivity index (χ1v) is 8.23. The second-order valence-electron chi connectivity index (χ2n) is 4.96. The number of hydrogen-bond donors (Lipinski definition) is 2. The van der Waals surface area contributed by atoms with E-state index in [1.54, 1.807) is 4.68 Å². The van der Waals surface area contributed by atoms with Gasteiger partial charge in [0.1, 0.15) is 0 Å². The summed E-state index contributed by atoms with van der Waals surface area (Å²) >= 11 is 2.07. The molecule has 0 bridgehead atoms. The van der Waals surface area contributed by atoms with E-state index in [1.807, 2.05) is 6.20 Å². The molecule has 2 unspecified atom stereocenters. The number of aliphatic hydroxyl groups excluding tert-OH is 1. The molecule has 5 nitrogen and oxygen atoms in total. The third-order valence-corrected chi connectivity index (χ3v) is 4.84. The lowest BCUT2D eigenvalue weighted by Gasteiger charge is -2.19. The molecule has 0 aliphatic heterocycles. The number of hydrogen-bond acceptors (Lipinski definition) is 5. The van der Waals surface area contributed by atoms with Crippen molar-refractivity contribution >= 4 is 11.8 Å². The molecule has 0 radical (unpaired) electrons. The normalized spacial score (nSPS) is 23.1. The van der Waals surface area contributed by atoms with E-state index in [2.05, 4.69) is 34.3 Å². The first kappa shape index (κ1) is 14.8. The van der Waals surface area contributed by atoms with Crippen molar-refractivity contribution in [3.63, 3.8) is 0 Å². The van der Waals surface area contributed by atoms with Gasteiger partial charge in [0, 0.05) is 37.2 Å². The van der Waals surface area contributed by atoms with Crippen molar-refractivity contribution in [2.24, 2.45) is 0 Å². The van der Waals surface area contributed by atoms with Gasteiger partial charge in [-0.15, -0.1) is 5.10 Å². The zero-order valence-corrected chi connectivity index (χ0v) is 12.4. The number of aromatic nitrogens is 3. The Morgan fingerprint density at radius 3 is 3.21 bits per heavy atom. The first-order valence-electron chi connectivity index (χ1n) is 7.18. The zero-order valence-electron chi connectivity index (χ0n) is 11.6.